The largest absolute Gasteiger partial charge is 0.493 e. The fraction of sp³-hybridized carbons (Fsp3) is 0.208. The van der Waals surface area contributed by atoms with E-state index in [0.29, 0.717) is 22.9 Å². The summed E-state index contributed by atoms with van der Waals surface area (Å²) < 4.78 is 43.8. The van der Waals surface area contributed by atoms with E-state index in [0.717, 1.165) is 5.56 Å². The number of hydrogen-bond donors (Lipinski definition) is 2. The number of hydrogen-bond acceptors (Lipinski definition) is 6. The van der Waals surface area contributed by atoms with Crippen LogP contribution < -0.4 is 24.2 Å². The van der Waals surface area contributed by atoms with E-state index in [1.807, 2.05) is 30.3 Å². The second kappa shape index (κ2) is 10.8. The molecule has 33 heavy (non-hydrogen) atoms. The molecule has 174 valence electrons. The maximum absolute atomic E-state index is 12.7. The maximum Gasteiger partial charge on any atom is 0.262 e. The molecule has 0 saturated carbocycles. The van der Waals surface area contributed by atoms with Gasteiger partial charge in [0.1, 0.15) is 5.75 Å². The summed E-state index contributed by atoms with van der Waals surface area (Å²) in [5.74, 6) is 1.03. The van der Waals surface area contributed by atoms with Gasteiger partial charge in [0.15, 0.2) is 18.1 Å². The zero-order valence-corrected chi connectivity index (χ0v) is 19.4. The monoisotopic (exact) mass is 470 g/mol. The molecular formula is C24H26N2O6S. The molecule has 3 aromatic carbocycles. The summed E-state index contributed by atoms with van der Waals surface area (Å²) in [6.45, 7) is 1.53. The van der Waals surface area contributed by atoms with Gasteiger partial charge in [-0.25, -0.2) is 13.1 Å². The van der Waals surface area contributed by atoms with Gasteiger partial charge in [-0.1, -0.05) is 30.3 Å². The van der Waals surface area contributed by atoms with Crippen LogP contribution >= 0.6 is 0 Å². The highest BCUT2D eigenvalue weighted by Crippen LogP contribution is 2.29. The van der Waals surface area contributed by atoms with Gasteiger partial charge in [0, 0.05) is 17.8 Å². The predicted molar refractivity (Wildman–Crippen MR) is 125 cm³/mol. The van der Waals surface area contributed by atoms with Crippen LogP contribution in [0.2, 0.25) is 0 Å². The summed E-state index contributed by atoms with van der Waals surface area (Å²) in [4.78, 5) is 12.3. The van der Waals surface area contributed by atoms with Gasteiger partial charge >= 0.3 is 0 Å². The number of methoxy groups -OCH3 is 2. The summed E-state index contributed by atoms with van der Waals surface area (Å²) >= 11 is 0. The number of carbonyl (C=O) groups is 1. The standard InChI is InChI=1S/C24H26N2O6S/c1-17(18-7-5-4-6-8-18)26-33(28,29)21-12-10-20(11-13-21)32-16-24(27)25-19-9-14-22(30-2)23(15-19)31-3/h4-15,17,26H,16H2,1-3H3,(H,25,27)/t17-/m0/s1. The van der Waals surface area contributed by atoms with Crippen molar-refractivity contribution in [1.82, 2.24) is 4.72 Å². The number of sulfonamides is 1. The van der Waals surface area contributed by atoms with E-state index in [1.165, 1.54) is 38.5 Å². The molecule has 2 N–H and O–H groups in total. The van der Waals surface area contributed by atoms with Crippen molar-refractivity contribution in [3.63, 3.8) is 0 Å². The molecule has 0 radical (unpaired) electrons. The molecule has 0 fully saturated rings. The van der Waals surface area contributed by atoms with Crippen LogP contribution in [-0.2, 0) is 14.8 Å². The Hall–Kier alpha value is -3.56. The summed E-state index contributed by atoms with van der Waals surface area (Å²) in [5, 5.41) is 2.71. The van der Waals surface area contributed by atoms with Crippen LogP contribution in [0.1, 0.15) is 18.5 Å². The zero-order valence-electron chi connectivity index (χ0n) is 18.6. The Labute approximate surface area is 193 Å². The highest BCUT2D eigenvalue weighted by atomic mass is 32.2. The van der Waals surface area contributed by atoms with Crippen molar-refractivity contribution >= 4 is 21.6 Å². The molecule has 8 nitrogen and oxygen atoms in total. The summed E-state index contributed by atoms with van der Waals surface area (Å²) in [6, 6.07) is 19.8. The van der Waals surface area contributed by atoms with Crippen molar-refractivity contribution < 1.29 is 27.4 Å². The van der Waals surface area contributed by atoms with Crippen molar-refractivity contribution in [2.45, 2.75) is 17.9 Å². The Kier molecular flexibility index (Phi) is 7.92. The zero-order chi connectivity index (χ0) is 23.8. The second-order valence-electron chi connectivity index (χ2n) is 7.13. The molecule has 0 aromatic heterocycles. The predicted octanol–water partition coefficient (Wildman–Crippen LogP) is 3.76. The lowest BCUT2D eigenvalue weighted by Gasteiger charge is -2.15. The van der Waals surface area contributed by atoms with E-state index in [1.54, 1.807) is 25.1 Å². The summed E-state index contributed by atoms with van der Waals surface area (Å²) in [6.07, 6.45) is 0. The van der Waals surface area contributed by atoms with Crippen LogP contribution in [-0.4, -0.2) is 35.2 Å². The minimum Gasteiger partial charge on any atom is -0.493 e. The lowest BCUT2D eigenvalue weighted by molar-refractivity contribution is -0.118. The molecule has 0 heterocycles. The van der Waals surface area contributed by atoms with E-state index < -0.39 is 10.0 Å². The van der Waals surface area contributed by atoms with E-state index in [2.05, 4.69) is 10.0 Å². The van der Waals surface area contributed by atoms with Crippen molar-refractivity contribution in [3.05, 3.63) is 78.4 Å². The van der Waals surface area contributed by atoms with E-state index in [4.69, 9.17) is 14.2 Å². The number of benzene rings is 3. The van der Waals surface area contributed by atoms with Crippen molar-refractivity contribution in [2.75, 3.05) is 26.1 Å². The quantitative estimate of drug-likeness (QED) is 0.468. The fourth-order valence-corrected chi connectivity index (χ4v) is 4.32. The number of ether oxygens (including phenoxy) is 3. The highest BCUT2D eigenvalue weighted by Gasteiger charge is 2.18. The average Bonchev–Trinajstić information content (AvgIpc) is 2.83. The van der Waals surface area contributed by atoms with Gasteiger partial charge in [-0.3, -0.25) is 4.79 Å². The Balaban J connectivity index is 1.56. The van der Waals surface area contributed by atoms with Crippen molar-refractivity contribution in [1.29, 1.82) is 0 Å². The number of rotatable bonds is 10. The summed E-state index contributed by atoms with van der Waals surface area (Å²) in [7, 11) is -0.679. The molecule has 0 aliphatic rings. The molecular weight excluding hydrogens is 444 g/mol. The number of amides is 1. The first-order valence-electron chi connectivity index (χ1n) is 10.1. The van der Waals surface area contributed by atoms with Crippen LogP contribution in [0.4, 0.5) is 5.69 Å². The molecule has 0 saturated heterocycles. The normalized spacial score (nSPS) is 12.0. The van der Waals surface area contributed by atoms with Gasteiger partial charge in [-0.2, -0.15) is 0 Å². The van der Waals surface area contributed by atoms with E-state index >= 15 is 0 Å². The third kappa shape index (κ3) is 6.47. The highest BCUT2D eigenvalue weighted by molar-refractivity contribution is 7.89. The lowest BCUT2D eigenvalue weighted by Crippen LogP contribution is -2.26. The second-order valence-corrected chi connectivity index (χ2v) is 8.85. The maximum atomic E-state index is 12.7. The van der Waals surface area contributed by atoms with Crippen LogP contribution in [0.25, 0.3) is 0 Å². The molecule has 1 atom stereocenters. The van der Waals surface area contributed by atoms with Crippen LogP contribution in [0, 0.1) is 0 Å². The SMILES string of the molecule is COc1ccc(NC(=O)COc2ccc(S(=O)(=O)N[C@@H](C)c3ccccc3)cc2)cc1OC. The van der Waals surface area contributed by atoms with E-state index in [9.17, 15) is 13.2 Å². The average molecular weight is 471 g/mol. The van der Waals surface area contributed by atoms with Gasteiger partial charge in [0.2, 0.25) is 10.0 Å². The van der Waals surface area contributed by atoms with Gasteiger partial charge in [-0.05, 0) is 48.9 Å². The van der Waals surface area contributed by atoms with Crippen molar-refractivity contribution in [3.8, 4) is 17.2 Å². The topological polar surface area (TPSA) is 103 Å². The Morgan fingerprint density at radius 3 is 2.21 bits per heavy atom. The van der Waals surface area contributed by atoms with Gasteiger partial charge < -0.3 is 19.5 Å². The first-order chi connectivity index (χ1) is 15.8. The number of carbonyl (C=O) groups excluding carboxylic acids is 1. The Morgan fingerprint density at radius 2 is 1.58 bits per heavy atom. The molecule has 1 amide bonds. The molecule has 9 heteroatoms. The minimum atomic E-state index is -3.72. The molecule has 0 unspecified atom stereocenters. The summed E-state index contributed by atoms with van der Waals surface area (Å²) in [5.41, 5.74) is 1.39. The Bertz CT molecular complexity index is 1180. The Morgan fingerprint density at radius 1 is 0.909 bits per heavy atom. The smallest absolute Gasteiger partial charge is 0.262 e. The number of anilines is 1. The van der Waals surface area contributed by atoms with Gasteiger partial charge in [0.25, 0.3) is 5.91 Å². The number of nitrogens with one attached hydrogen (secondary N) is 2. The molecule has 0 spiro atoms. The first kappa shape index (κ1) is 24.1. The molecule has 3 aromatic rings. The minimum absolute atomic E-state index is 0.104. The van der Waals surface area contributed by atoms with Crippen molar-refractivity contribution in [2.24, 2.45) is 0 Å². The van der Waals surface area contributed by atoms with Gasteiger partial charge in [-0.15, -0.1) is 0 Å². The van der Waals surface area contributed by atoms with Crippen LogP contribution in [0.15, 0.2) is 77.7 Å². The molecule has 3 rings (SSSR count). The third-order valence-electron chi connectivity index (χ3n) is 4.80. The van der Waals surface area contributed by atoms with Crippen LogP contribution in [0.5, 0.6) is 17.2 Å². The fourth-order valence-electron chi connectivity index (χ4n) is 3.09. The van der Waals surface area contributed by atoms with Crippen LogP contribution in [0.3, 0.4) is 0 Å². The third-order valence-corrected chi connectivity index (χ3v) is 6.36. The van der Waals surface area contributed by atoms with Gasteiger partial charge in [0.05, 0.1) is 19.1 Å². The molecule has 0 aliphatic carbocycles. The first-order valence-corrected chi connectivity index (χ1v) is 11.6. The molecule has 0 bridgehead atoms. The lowest BCUT2D eigenvalue weighted by atomic mass is 10.1. The molecule has 0 aliphatic heterocycles. The van der Waals surface area contributed by atoms with E-state index in [-0.39, 0.29) is 23.5 Å².